The summed E-state index contributed by atoms with van der Waals surface area (Å²) in [7, 11) is 4.01. The van der Waals surface area contributed by atoms with E-state index in [4.69, 9.17) is 4.74 Å². The highest BCUT2D eigenvalue weighted by molar-refractivity contribution is 5.26. The highest BCUT2D eigenvalue weighted by Gasteiger charge is 2.22. The molecule has 0 spiro atoms. The fourth-order valence-electron chi connectivity index (χ4n) is 1.41. The van der Waals surface area contributed by atoms with Gasteiger partial charge in [-0.1, -0.05) is 13.8 Å². The average Bonchev–Trinajstić information content (AvgIpc) is 2.34. The highest BCUT2D eigenvalue weighted by Crippen LogP contribution is 2.19. The maximum absolute atomic E-state index is 13.3. The van der Waals surface area contributed by atoms with Crippen LogP contribution in [0.15, 0.2) is 12.3 Å². The Morgan fingerprint density at radius 2 is 2.05 bits per heavy atom. The van der Waals surface area contributed by atoms with Gasteiger partial charge in [-0.15, -0.1) is 0 Å². The smallest absolute Gasteiger partial charge is 0.218 e. The maximum Gasteiger partial charge on any atom is 0.218 e. The van der Waals surface area contributed by atoms with E-state index in [2.05, 4.69) is 29.0 Å². The van der Waals surface area contributed by atoms with Crippen LogP contribution in [0.2, 0.25) is 0 Å². The third-order valence-electron chi connectivity index (χ3n) is 3.37. The van der Waals surface area contributed by atoms with Gasteiger partial charge in [0.25, 0.3) is 0 Å². The Labute approximate surface area is 121 Å². The largest absolute Gasteiger partial charge is 0.475 e. The van der Waals surface area contributed by atoms with Crippen LogP contribution in [0.25, 0.3) is 0 Å². The van der Waals surface area contributed by atoms with E-state index in [1.54, 1.807) is 0 Å². The monoisotopic (exact) mass is 283 g/mol. The van der Waals surface area contributed by atoms with E-state index in [-0.39, 0.29) is 11.4 Å². The van der Waals surface area contributed by atoms with Crippen molar-refractivity contribution in [3.63, 3.8) is 0 Å². The Morgan fingerprint density at radius 3 is 2.60 bits per heavy atom. The molecule has 0 fully saturated rings. The van der Waals surface area contributed by atoms with Crippen LogP contribution >= 0.6 is 0 Å². The lowest BCUT2D eigenvalue weighted by Crippen LogP contribution is -2.43. The molecule has 0 radical (unpaired) electrons. The van der Waals surface area contributed by atoms with Gasteiger partial charge < -0.3 is 15.0 Å². The molecule has 4 nitrogen and oxygen atoms in total. The third-order valence-corrected chi connectivity index (χ3v) is 3.37. The van der Waals surface area contributed by atoms with Crippen molar-refractivity contribution in [3.8, 4) is 5.88 Å². The number of halogens is 1. The predicted octanol–water partition coefficient (Wildman–Crippen LogP) is 2.44. The second kappa shape index (κ2) is 6.99. The second-order valence-corrected chi connectivity index (χ2v) is 6.15. The summed E-state index contributed by atoms with van der Waals surface area (Å²) in [4.78, 5) is 6.15. The molecular weight excluding hydrogens is 257 g/mol. The summed E-state index contributed by atoms with van der Waals surface area (Å²) < 4.78 is 19.1. The summed E-state index contributed by atoms with van der Waals surface area (Å²) >= 11 is 0. The van der Waals surface area contributed by atoms with Crippen LogP contribution < -0.4 is 10.1 Å². The Bertz CT molecular complexity index is 433. The van der Waals surface area contributed by atoms with Gasteiger partial charge in [0.05, 0.1) is 6.20 Å². The topological polar surface area (TPSA) is 37.4 Å². The second-order valence-electron chi connectivity index (χ2n) is 6.15. The van der Waals surface area contributed by atoms with Crippen molar-refractivity contribution in [1.82, 2.24) is 15.2 Å². The summed E-state index contributed by atoms with van der Waals surface area (Å²) in [6.45, 7) is 9.30. The first-order valence-corrected chi connectivity index (χ1v) is 6.90. The molecule has 1 heterocycles. The molecule has 0 saturated carbocycles. The normalized spacial score (nSPS) is 12.2. The van der Waals surface area contributed by atoms with Crippen LogP contribution in [-0.4, -0.2) is 42.2 Å². The molecule has 0 amide bonds. The molecule has 5 heteroatoms. The van der Waals surface area contributed by atoms with Gasteiger partial charge in [-0.3, -0.25) is 0 Å². The molecule has 0 aliphatic rings. The van der Waals surface area contributed by atoms with Crippen LogP contribution in [0.5, 0.6) is 5.88 Å². The molecule has 0 unspecified atom stereocenters. The number of rotatable bonds is 7. The van der Waals surface area contributed by atoms with Gasteiger partial charge in [0.1, 0.15) is 12.4 Å². The predicted molar refractivity (Wildman–Crippen MR) is 79.4 cm³/mol. The third kappa shape index (κ3) is 5.06. The lowest BCUT2D eigenvalue weighted by Gasteiger charge is -2.32. The zero-order chi connectivity index (χ0) is 15.3. The standard InChI is InChI=1S/C15H26FN3O/c1-11(2)17-8-12-7-13(16)9-18-14(12)20-10-15(3,4)19(5)6/h7,9,11,17H,8,10H2,1-6H3. The Balaban J connectivity index is 2.78. The van der Waals surface area contributed by atoms with E-state index in [0.717, 1.165) is 5.56 Å². The van der Waals surface area contributed by atoms with Gasteiger partial charge in [0, 0.05) is 23.7 Å². The fraction of sp³-hybridized carbons (Fsp3) is 0.667. The van der Waals surface area contributed by atoms with Crippen molar-refractivity contribution >= 4 is 0 Å². The summed E-state index contributed by atoms with van der Waals surface area (Å²) in [6.07, 6.45) is 1.19. The molecule has 1 aromatic rings. The number of aromatic nitrogens is 1. The summed E-state index contributed by atoms with van der Waals surface area (Å²) in [5.41, 5.74) is 0.631. The minimum absolute atomic E-state index is 0.112. The van der Waals surface area contributed by atoms with Crippen molar-refractivity contribution in [1.29, 1.82) is 0 Å². The van der Waals surface area contributed by atoms with Crippen LogP contribution in [-0.2, 0) is 6.54 Å². The summed E-state index contributed by atoms with van der Waals surface area (Å²) in [5, 5.41) is 3.25. The lowest BCUT2D eigenvalue weighted by molar-refractivity contribution is 0.110. The number of likely N-dealkylation sites (N-methyl/N-ethyl adjacent to an activating group) is 1. The molecule has 0 aromatic carbocycles. The quantitative estimate of drug-likeness (QED) is 0.834. The zero-order valence-electron chi connectivity index (χ0n) is 13.3. The minimum Gasteiger partial charge on any atom is -0.475 e. The van der Waals surface area contributed by atoms with Gasteiger partial charge in [-0.2, -0.15) is 0 Å². The van der Waals surface area contributed by atoms with Gasteiger partial charge in [0.2, 0.25) is 5.88 Å². The number of nitrogens with one attached hydrogen (secondary N) is 1. The highest BCUT2D eigenvalue weighted by atomic mass is 19.1. The first kappa shape index (κ1) is 16.9. The van der Waals surface area contributed by atoms with Gasteiger partial charge in [0.15, 0.2) is 0 Å². The van der Waals surface area contributed by atoms with E-state index in [1.165, 1.54) is 12.3 Å². The van der Waals surface area contributed by atoms with E-state index in [9.17, 15) is 4.39 Å². The van der Waals surface area contributed by atoms with Gasteiger partial charge in [-0.05, 0) is 34.0 Å². The molecule has 0 aliphatic heterocycles. The van der Waals surface area contributed by atoms with Crippen molar-refractivity contribution in [2.75, 3.05) is 20.7 Å². The van der Waals surface area contributed by atoms with Crippen molar-refractivity contribution < 1.29 is 9.13 Å². The van der Waals surface area contributed by atoms with E-state index >= 15 is 0 Å². The molecule has 0 aliphatic carbocycles. The first-order valence-electron chi connectivity index (χ1n) is 6.90. The van der Waals surface area contributed by atoms with Crippen LogP contribution in [0.3, 0.4) is 0 Å². The Kier molecular flexibility index (Phi) is 5.89. The molecule has 1 aromatic heterocycles. The molecule has 20 heavy (non-hydrogen) atoms. The van der Waals surface area contributed by atoms with E-state index in [1.807, 2.05) is 27.9 Å². The molecule has 0 atom stereocenters. The SMILES string of the molecule is CC(C)NCc1cc(F)cnc1OCC(C)(C)N(C)C. The molecule has 0 saturated heterocycles. The molecule has 0 bridgehead atoms. The van der Waals surface area contributed by atoms with Crippen LogP contribution in [0, 0.1) is 5.82 Å². The molecule has 1 rings (SSSR count). The zero-order valence-corrected chi connectivity index (χ0v) is 13.3. The Morgan fingerprint density at radius 1 is 1.40 bits per heavy atom. The van der Waals surface area contributed by atoms with Crippen molar-refractivity contribution in [2.24, 2.45) is 0 Å². The Hall–Kier alpha value is -1.20. The fourth-order valence-corrected chi connectivity index (χ4v) is 1.41. The average molecular weight is 283 g/mol. The number of pyridine rings is 1. The summed E-state index contributed by atoms with van der Waals surface area (Å²) in [6, 6.07) is 1.80. The van der Waals surface area contributed by atoms with Crippen LogP contribution in [0.1, 0.15) is 33.3 Å². The first-order chi connectivity index (χ1) is 9.22. The molecule has 1 N–H and O–H groups in total. The number of nitrogens with zero attached hydrogens (tertiary/aromatic N) is 2. The summed E-state index contributed by atoms with van der Waals surface area (Å²) in [5.74, 6) is 0.152. The van der Waals surface area contributed by atoms with Crippen LogP contribution in [0.4, 0.5) is 4.39 Å². The molecular formula is C15H26FN3O. The number of hydrogen-bond donors (Lipinski definition) is 1. The number of ether oxygens (including phenoxy) is 1. The maximum atomic E-state index is 13.3. The van der Waals surface area contributed by atoms with Crippen molar-refractivity contribution in [2.45, 2.75) is 45.8 Å². The van der Waals surface area contributed by atoms with Crippen molar-refractivity contribution in [3.05, 3.63) is 23.6 Å². The van der Waals surface area contributed by atoms with E-state index in [0.29, 0.717) is 25.1 Å². The number of hydrogen-bond acceptors (Lipinski definition) is 4. The van der Waals surface area contributed by atoms with Gasteiger partial charge in [-0.25, -0.2) is 9.37 Å². The minimum atomic E-state index is -0.343. The van der Waals surface area contributed by atoms with Gasteiger partial charge >= 0.3 is 0 Å². The molecule has 114 valence electrons. The van der Waals surface area contributed by atoms with E-state index < -0.39 is 0 Å². The lowest BCUT2D eigenvalue weighted by atomic mass is 10.1.